The van der Waals surface area contributed by atoms with Crippen molar-refractivity contribution in [3.05, 3.63) is 54.1 Å². The molecule has 0 fully saturated rings. The van der Waals surface area contributed by atoms with Crippen LogP contribution in [0.25, 0.3) is 0 Å². The number of ether oxygens (including phenoxy) is 1. The second-order valence-electron chi connectivity index (χ2n) is 4.38. The Bertz CT molecular complexity index is 668. The van der Waals surface area contributed by atoms with Gasteiger partial charge in [0.2, 0.25) is 5.91 Å². The quantitative estimate of drug-likeness (QED) is 0.907. The van der Waals surface area contributed by atoms with Crippen molar-refractivity contribution in [1.82, 2.24) is 0 Å². The van der Waals surface area contributed by atoms with Crippen LogP contribution in [0.2, 0.25) is 0 Å². The third kappa shape index (κ3) is 3.60. The van der Waals surface area contributed by atoms with E-state index in [9.17, 15) is 9.59 Å². The van der Waals surface area contributed by atoms with Gasteiger partial charge in [-0.2, -0.15) is 0 Å². The smallest absolute Gasteiger partial charge is 0.259 e. The number of para-hydroxylation sites is 3. The van der Waals surface area contributed by atoms with E-state index in [4.69, 9.17) is 4.74 Å². The Morgan fingerprint density at radius 3 is 2.10 bits per heavy atom. The van der Waals surface area contributed by atoms with Crippen molar-refractivity contribution in [3.63, 3.8) is 0 Å². The van der Waals surface area contributed by atoms with Crippen molar-refractivity contribution in [2.24, 2.45) is 0 Å². The normalized spacial score (nSPS) is 9.81. The lowest BCUT2D eigenvalue weighted by Gasteiger charge is -2.12. The summed E-state index contributed by atoms with van der Waals surface area (Å²) >= 11 is 0. The maximum absolute atomic E-state index is 12.3. The molecule has 0 unspecified atom stereocenters. The van der Waals surface area contributed by atoms with E-state index in [0.717, 1.165) is 0 Å². The summed E-state index contributed by atoms with van der Waals surface area (Å²) in [4.78, 5) is 23.5. The van der Waals surface area contributed by atoms with Crippen LogP contribution in [0.5, 0.6) is 5.75 Å². The summed E-state index contributed by atoms with van der Waals surface area (Å²) in [6.45, 7) is 1.42. The van der Waals surface area contributed by atoms with Crippen molar-refractivity contribution >= 4 is 23.2 Å². The number of nitrogens with one attached hydrogen (secondary N) is 2. The summed E-state index contributed by atoms with van der Waals surface area (Å²) in [6, 6.07) is 14.0. The largest absolute Gasteiger partial charge is 0.496 e. The molecule has 0 aliphatic carbocycles. The fraction of sp³-hybridized carbons (Fsp3) is 0.125. The zero-order valence-corrected chi connectivity index (χ0v) is 11.8. The summed E-state index contributed by atoms with van der Waals surface area (Å²) in [6.07, 6.45) is 0. The van der Waals surface area contributed by atoms with Crippen LogP contribution in [0, 0.1) is 0 Å². The summed E-state index contributed by atoms with van der Waals surface area (Å²) < 4.78 is 5.17. The number of methoxy groups -OCH3 is 1. The van der Waals surface area contributed by atoms with Crippen LogP contribution in [0.4, 0.5) is 11.4 Å². The van der Waals surface area contributed by atoms with Gasteiger partial charge >= 0.3 is 0 Å². The number of rotatable bonds is 4. The minimum absolute atomic E-state index is 0.200. The van der Waals surface area contributed by atoms with Gasteiger partial charge in [0.25, 0.3) is 5.91 Å². The molecule has 5 heteroatoms. The van der Waals surface area contributed by atoms with E-state index in [1.807, 2.05) is 0 Å². The first-order valence-corrected chi connectivity index (χ1v) is 6.43. The maximum atomic E-state index is 12.3. The van der Waals surface area contributed by atoms with E-state index < -0.39 is 0 Å². The first-order valence-electron chi connectivity index (χ1n) is 6.43. The number of amides is 2. The van der Waals surface area contributed by atoms with E-state index in [1.165, 1.54) is 14.0 Å². The van der Waals surface area contributed by atoms with Crippen LogP contribution in [-0.2, 0) is 4.79 Å². The molecule has 0 radical (unpaired) electrons. The molecular formula is C16H16N2O3. The number of anilines is 2. The standard InChI is InChI=1S/C16H16N2O3/c1-11(19)17-13-8-4-5-9-14(13)18-16(20)12-7-3-6-10-15(12)21-2/h3-10H,1-2H3,(H,17,19)(H,18,20). The Balaban J connectivity index is 2.26. The molecule has 2 aromatic rings. The predicted octanol–water partition coefficient (Wildman–Crippen LogP) is 2.91. The third-order valence-corrected chi connectivity index (χ3v) is 2.84. The van der Waals surface area contributed by atoms with Gasteiger partial charge < -0.3 is 15.4 Å². The molecule has 0 spiro atoms. The van der Waals surface area contributed by atoms with Gasteiger partial charge in [-0.15, -0.1) is 0 Å². The van der Waals surface area contributed by atoms with Crippen LogP contribution in [0.3, 0.4) is 0 Å². The van der Waals surface area contributed by atoms with Crippen molar-refractivity contribution in [1.29, 1.82) is 0 Å². The first-order chi connectivity index (χ1) is 10.1. The Labute approximate surface area is 122 Å². The molecule has 0 atom stereocenters. The topological polar surface area (TPSA) is 67.4 Å². The van der Waals surface area contributed by atoms with Gasteiger partial charge in [-0.3, -0.25) is 9.59 Å². The molecule has 21 heavy (non-hydrogen) atoms. The molecule has 2 rings (SSSR count). The summed E-state index contributed by atoms with van der Waals surface area (Å²) in [5.74, 6) is -0.00810. The number of carbonyl (C=O) groups excluding carboxylic acids is 2. The van der Waals surface area contributed by atoms with E-state index in [-0.39, 0.29) is 11.8 Å². The minimum Gasteiger partial charge on any atom is -0.496 e. The zero-order chi connectivity index (χ0) is 15.2. The molecule has 0 heterocycles. The molecular weight excluding hydrogens is 268 g/mol. The van der Waals surface area contributed by atoms with Gasteiger partial charge in [0, 0.05) is 6.92 Å². The highest BCUT2D eigenvalue weighted by molar-refractivity contribution is 6.08. The van der Waals surface area contributed by atoms with E-state index in [2.05, 4.69) is 10.6 Å². The lowest BCUT2D eigenvalue weighted by Crippen LogP contribution is -2.15. The molecule has 2 aromatic carbocycles. The number of hydrogen-bond donors (Lipinski definition) is 2. The molecule has 2 amide bonds. The number of hydrogen-bond acceptors (Lipinski definition) is 3. The van der Waals surface area contributed by atoms with Crippen molar-refractivity contribution in [2.75, 3.05) is 17.7 Å². The minimum atomic E-state index is -0.301. The van der Waals surface area contributed by atoms with Gasteiger partial charge in [-0.1, -0.05) is 24.3 Å². The maximum Gasteiger partial charge on any atom is 0.259 e. The van der Waals surface area contributed by atoms with Crippen molar-refractivity contribution in [3.8, 4) is 5.75 Å². The molecule has 0 aliphatic rings. The molecule has 0 bridgehead atoms. The number of carbonyl (C=O) groups is 2. The van der Waals surface area contributed by atoms with Crippen LogP contribution in [-0.4, -0.2) is 18.9 Å². The molecule has 108 valence electrons. The fourth-order valence-electron chi connectivity index (χ4n) is 1.91. The second-order valence-corrected chi connectivity index (χ2v) is 4.38. The summed E-state index contributed by atoms with van der Waals surface area (Å²) in [7, 11) is 1.51. The average molecular weight is 284 g/mol. The highest BCUT2D eigenvalue weighted by Crippen LogP contribution is 2.24. The van der Waals surface area contributed by atoms with E-state index in [0.29, 0.717) is 22.7 Å². The van der Waals surface area contributed by atoms with E-state index >= 15 is 0 Å². The Morgan fingerprint density at radius 1 is 0.905 bits per heavy atom. The first kappa shape index (κ1) is 14.6. The van der Waals surface area contributed by atoms with Gasteiger partial charge in [0.15, 0.2) is 0 Å². The summed E-state index contributed by atoms with van der Waals surface area (Å²) in [5.41, 5.74) is 1.51. The third-order valence-electron chi connectivity index (χ3n) is 2.84. The SMILES string of the molecule is COc1ccccc1C(=O)Nc1ccccc1NC(C)=O. The van der Waals surface area contributed by atoms with E-state index in [1.54, 1.807) is 48.5 Å². The molecule has 2 N–H and O–H groups in total. The number of benzene rings is 2. The molecule has 0 aromatic heterocycles. The van der Waals surface area contributed by atoms with Crippen molar-refractivity contribution < 1.29 is 14.3 Å². The van der Waals surface area contributed by atoms with Crippen LogP contribution in [0.15, 0.2) is 48.5 Å². The average Bonchev–Trinajstić information content (AvgIpc) is 2.48. The predicted molar refractivity (Wildman–Crippen MR) is 81.7 cm³/mol. The van der Waals surface area contributed by atoms with Gasteiger partial charge in [-0.05, 0) is 24.3 Å². The summed E-state index contributed by atoms with van der Waals surface area (Å²) in [5, 5.41) is 5.45. The lowest BCUT2D eigenvalue weighted by atomic mass is 10.1. The Kier molecular flexibility index (Phi) is 4.56. The highest BCUT2D eigenvalue weighted by Gasteiger charge is 2.13. The molecule has 0 saturated heterocycles. The Hall–Kier alpha value is -2.82. The Morgan fingerprint density at radius 2 is 1.48 bits per heavy atom. The lowest BCUT2D eigenvalue weighted by molar-refractivity contribution is -0.114. The second kappa shape index (κ2) is 6.56. The van der Waals surface area contributed by atoms with Crippen LogP contribution in [0.1, 0.15) is 17.3 Å². The molecule has 0 aliphatic heterocycles. The highest BCUT2D eigenvalue weighted by atomic mass is 16.5. The molecule has 0 saturated carbocycles. The van der Waals surface area contributed by atoms with Crippen LogP contribution < -0.4 is 15.4 Å². The monoisotopic (exact) mass is 284 g/mol. The van der Waals surface area contributed by atoms with Crippen LogP contribution >= 0.6 is 0 Å². The van der Waals surface area contributed by atoms with Gasteiger partial charge in [0.1, 0.15) is 5.75 Å². The van der Waals surface area contributed by atoms with Gasteiger partial charge in [-0.25, -0.2) is 0 Å². The van der Waals surface area contributed by atoms with Gasteiger partial charge in [0.05, 0.1) is 24.0 Å². The molecule has 5 nitrogen and oxygen atoms in total. The zero-order valence-electron chi connectivity index (χ0n) is 11.8. The fourth-order valence-corrected chi connectivity index (χ4v) is 1.91. The van der Waals surface area contributed by atoms with Crippen molar-refractivity contribution in [2.45, 2.75) is 6.92 Å².